The minimum Gasteiger partial charge on any atom is -0.385 e. The van der Waals surface area contributed by atoms with Crippen molar-refractivity contribution < 1.29 is 9.53 Å². The lowest BCUT2D eigenvalue weighted by molar-refractivity contribution is -0.113. The molecule has 1 N–H and O–H groups in total. The fourth-order valence-electron chi connectivity index (χ4n) is 2.74. The van der Waals surface area contributed by atoms with Crippen LogP contribution in [0.1, 0.15) is 6.42 Å². The number of hydrogen-bond acceptors (Lipinski definition) is 5. The van der Waals surface area contributed by atoms with Gasteiger partial charge in [-0.1, -0.05) is 41.0 Å². The minimum atomic E-state index is -0.221. The number of halogens is 2. The Balaban J connectivity index is 1.83. The molecule has 0 spiro atoms. The van der Waals surface area contributed by atoms with Crippen molar-refractivity contribution >= 4 is 57.5 Å². The summed E-state index contributed by atoms with van der Waals surface area (Å²) in [5.74, 6) is -0.129. The predicted molar refractivity (Wildman–Crippen MR) is 118 cm³/mol. The Bertz CT molecular complexity index is 1090. The zero-order valence-electron chi connectivity index (χ0n) is 15.7. The lowest BCUT2D eigenvalue weighted by atomic mass is 10.2. The number of carbonyl (C=O) groups is 1. The second-order valence-electron chi connectivity index (χ2n) is 6.21. The van der Waals surface area contributed by atoms with Crippen LogP contribution in [0.5, 0.6) is 0 Å². The fraction of sp³-hybridized carbons (Fsp3) is 0.250. The van der Waals surface area contributed by atoms with Crippen molar-refractivity contribution in [2.75, 3.05) is 24.8 Å². The first-order chi connectivity index (χ1) is 14.0. The number of hydrogen-bond donors (Lipinski definition) is 1. The van der Waals surface area contributed by atoms with Gasteiger partial charge in [-0.3, -0.25) is 14.2 Å². The maximum Gasteiger partial charge on any atom is 0.262 e. The van der Waals surface area contributed by atoms with Gasteiger partial charge in [-0.25, -0.2) is 4.98 Å². The topological polar surface area (TPSA) is 73.2 Å². The molecule has 0 aliphatic rings. The number of nitrogens with one attached hydrogen (secondary N) is 1. The fourth-order valence-corrected chi connectivity index (χ4v) is 3.92. The van der Waals surface area contributed by atoms with Gasteiger partial charge < -0.3 is 10.1 Å². The van der Waals surface area contributed by atoms with Gasteiger partial charge in [-0.15, -0.1) is 0 Å². The van der Waals surface area contributed by atoms with E-state index >= 15 is 0 Å². The molecule has 1 heterocycles. The molecule has 0 unspecified atom stereocenters. The summed E-state index contributed by atoms with van der Waals surface area (Å²) in [5, 5.41) is 4.77. The average molecular weight is 452 g/mol. The van der Waals surface area contributed by atoms with Gasteiger partial charge in [0, 0.05) is 36.0 Å². The number of methoxy groups -OCH3 is 1. The second-order valence-corrected chi connectivity index (χ2v) is 8.02. The standard InChI is InChI=1S/C20H19Cl2N3O3S/c1-28-9-3-8-25-19(27)16-7-6-14(22)11-17(16)24-20(25)29-12-18(26)23-15-5-2-4-13(21)10-15/h2,4-7,10-11H,3,8-9,12H2,1H3,(H,23,26). The van der Waals surface area contributed by atoms with Crippen molar-refractivity contribution in [3.05, 3.63) is 62.9 Å². The van der Waals surface area contributed by atoms with E-state index in [0.29, 0.717) is 51.4 Å². The van der Waals surface area contributed by atoms with Crippen molar-refractivity contribution in [1.29, 1.82) is 0 Å². The van der Waals surface area contributed by atoms with Crippen molar-refractivity contribution in [2.24, 2.45) is 0 Å². The smallest absolute Gasteiger partial charge is 0.262 e. The highest BCUT2D eigenvalue weighted by molar-refractivity contribution is 7.99. The molecule has 3 aromatic rings. The Hall–Kier alpha value is -2.06. The summed E-state index contributed by atoms with van der Waals surface area (Å²) in [6.45, 7) is 0.959. The number of aromatic nitrogens is 2. The van der Waals surface area contributed by atoms with E-state index in [2.05, 4.69) is 10.3 Å². The zero-order valence-corrected chi connectivity index (χ0v) is 18.0. The molecule has 0 aliphatic carbocycles. The van der Waals surface area contributed by atoms with E-state index in [9.17, 15) is 9.59 Å². The minimum absolute atomic E-state index is 0.0926. The summed E-state index contributed by atoms with van der Waals surface area (Å²) in [5.41, 5.74) is 0.947. The molecule has 9 heteroatoms. The first-order valence-corrected chi connectivity index (χ1v) is 10.6. The second kappa shape index (κ2) is 10.1. The summed E-state index contributed by atoms with van der Waals surface area (Å²) in [7, 11) is 1.61. The van der Waals surface area contributed by atoms with Crippen LogP contribution in [-0.4, -0.2) is 34.9 Å². The van der Waals surface area contributed by atoms with E-state index in [1.54, 1.807) is 54.1 Å². The highest BCUT2D eigenvalue weighted by Crippen LogP contribution is 2.21. The van der Waals surface area contributed by atoms with E-state index in [1.165, 1.54) is 11.8 Å². The van der Waals surface area contributed by atoms with E-state index in [-0.39, 0.29) is 17.2 Å². The van der Waals surface area contributed by atoms with Crippen molar-refractivity contribution in [3.63, 3.8) is 0 Å². The molecule has 3 rings (SSSR count). The van der Waals surface area contributed by atoms with Gasteiger partial charge in [0.2, 0.25) is 5.91 Å². The molecule has 2 aromatic carbocycles. The Morgan fingerprint density at radius 3 is 2.76 bits per heavy atom. The van der Waals surface area contributed by atoms with Gasteiger partial charge >= 0.3 is 0 Å². The normalized spacial score (nSPS) is 11.0. The maximum absolute atomic E-state index is 12.9. The monoisotopic (exact) mass is 451 g/mol. The molecule has 0 saturated carbocycles. The number of amides is 1. The highest BCUT2D eigenvalue weighted by atomic mass is 35.5. The number of anilines is 1. The predicted octanol–water partition coefficient (Wildman–Crippen LogP) is 4.47. The molecular weight excluding hydrogens is 433 g/mol. The summed E-state index contributed by atoms with van der Waals surface area (Å²) < 4.78 is 6.66. The van der Waals surface area contributed by atoms with Gasteiger partial charge in [-0.05, 0) is 42.8 Å². The number of ether oxygens (including phenoxy) is 1. The van der Waals surface area contributed by atoms with Crippen LogP contribution in [-0.2, 0) is 16.1 Å². The third kappa shape index (κ3) is 5.73. The summed E-state index contributed by atoms with van der Waals surface area (Å²) >= 11 is 13.2. The molecule has 0 radical (unpaired) electrons. The highest BCUT2D eigenvalue weighted by Gasteiger charge is 2.14. The molecule has 1 amide bonds. The van der Waals surface area contributed by atoms with Gasteiger partial charge in [0.15, 0.2) is 5.16 Å². The van der Waals surface area contributed by atoms with Gasteiger partial charge in [0.25, 0.3) is 5.56 Å². The quantitative estimate of drug-likeness (QED) is 0.310. The van der Waals surface area contributed by atoms with Gasteiger partial charge in [-0.2, -0.15) is 0 Å². The molecule has 29 heavy (non-hydrogen) atoms. The van der Waals surface area contributed by atoms with Crippen LogP contribution in [0.15, 0.2) is 52.4 Å². The summed E-state index contributed by atoms with van der Waals surface area (Å²) in [6, 6.07) is 11.9. The van der Waals surface area contributed by atoms with Crippen LogP contribution < -0.4 is 10.9 Å². The Morgan fingerprint density at radius 1 is 1.21 bits per heavy atom. The number of fused-ring (bicyclic) bond motifs is 1. The number of benzene rings is 2. The summed E-state index contributed by atoms with van der Waals surface area (Å²) in [6.07, 6.45) is 0.652. The first kappa shape index (κ1) is 21.6. The lowest BCUT2D eigenvalue weighted by Crippen LogP contribution is -2.25. The largest absolute Gasteiger partial charge is 0.385 e. The molecular formula is C20H19Cl2N3O3S. The molecule has 0 aliphatic heterocycles. The SMILES string of the molecule is COCCCn1c(SCC(=O)Nc2cccc(Cl)c2)nc2cc(Cl)ccc2c1=O. The van der Waals surface area contributed by atoms with E-state index in [4.69, 9.17) is 27.9 Å². The van der Waals surface area contributed by atoms with E-state index in [0.717, 1.165) is 0 Å². The third-order valence-corrected chi connectivity index (χ3v) is 5.50. The van der Waals surface area contributed by atoms with Crippen molar-refractivity contribution in [2.45, 2.75) is 18.1 Å². The Morgan fingerprint density at radius 2 is 2.00 bits per heavy atom. The molecule has 1 aromatic heterocycles. The van der Waals surface area contributed by atoms with Crippen LogP contribution in [0.3, 0.4) is 0 Å². The Labute approximate surface area is 182 Å². The maximum atomic E-state index is 12.9. The van der Waals surface area contributed by atoms with Crippen LogP contribution in [0.4, 0.5) is 5.69 Å². The van der Waals surface area contributed by atoms with Gasteiger partial charge in [0.05, 0.1) is 16.7 Å². The van der Waals surface area contributed by atoms with Crippen LogP contribution in [0, 0.1) is 0 Å². The number of nitrogens with zero attached hydrogens (tertiary/aromatic N) is 2. The molecule has 152 valence electrons. The van der Waals surface area contributed by atoms with Crippen molar-refractivity contribution in [3.8, 4) is 0 Å². The third-order valence-electron chi connectivity index (χ3n) is 4.05. The molecule has 0 fully saturated rings. The van der Waals surface area contributed by atoms with Crippen LogP contribution in [0.25, 0.3) is 10.9 Å². The zero-order chi connectivity index (χ0) is 20.8. The number of rotatable bonds is 8. The van der Waals surface area contributed by atoms with Crippen LogP contribution >= 0.6 is 35.0 Å². The van der Waals surface area contributed by atoms with Gasteiger partial charge in [0.1, 0.15) is 0 Å². The van der Waals surface area contributed by atoms with Crippen LogP contribution in [0.2, 0.25) is 10.0 Å². The lowest BCUT2D eigenvalue weighted by Gasteiger charge is -2.13. The molecule has 6 nitrogen and oxygen atoms in total. The average Bonchev–Trinajstić information content (AvgIpc) is 2.68. The molecule has 0 atom stereocenters. The first-order valence-electron chi connectivity index (χ1n) is 8.85. The molecule has 0 saturated heterocycles. The number of carbonyl (C=O) groups excluding carboxylic acids is 1. The molecule has 0 bridgehead atoms. The van der Waals surface area contributed by atoms with E-state index < -0.39 is 0 Å². The Kier molecular flexibility index (Phi) is 7.55. The summed E-state index contributed by atoms with van der Waals surface area (Å²) in [4.78, 5) is 29.8. The van der Waals surface area contributed by atoms with Crippen molar-refractivity contribution in [1.82, 2.24) is 9.55 Å². The number of thioether (sulfide) groups is 1. The van der Waals surface area contributed by atoms with E-state index in [1.807, 2.05) is 0 Å².